The highest BCUT2D eigenvalue weighted by Gasteiger charge is 2.43. The molecule has 1 unspecified atom stereocenters. The Labute approximate surface area is 190 Å². The number of alkyl halides is 3. The summed E-state index contributed by atoms with van der Waals surface area (Å²) in [6.45, 7) is 1.53. The summed E-state index contributed by atoms with van der Waals surface area (Å²) < 4.78 is 44.5. The zero-order chi connectivity index (χ0) is 23.6. The Morgan fingerprint density at radius 1 is 1.09 bits per heavy atom. The third-order valence-corrected chi connectivity index (χ3v) is 6.31. The number of ether oxygens (including phenoxy) is 1. The summed E-state index contributed by atoms with van der Waals surface area (Å²) in [6.07, 6.45) is -2.12. The lowest BCUT2D eigenvalue weighted by atomic mass is 9.80. The lowest BCUT2D eigenvalue weighted by Crippen LogP contribution is -2.52. The number of nitrogens with zero attached hydrogens (tertiary/aromatic N) is 1. The van der Waals surface area contributed by atoms with Gasteiger partial charge in [0.15, 0.2) is 0 Å². The first-order valence-electron chi connectivity index (χ1n) is 10.9. The lowest BCUT2D eigenvalue weighted by molar-refractivity contribution is -0.137. The minimum atomic E-state index is -4.47. The van der Waals surface area contributed by atoms with E-state index in [9.17, 15) is 22.8 Å². The van der Waals surface area contributed by atoms with Crippen molar-refractivity contribution in [1.82, 2.24) is 15.5 Å². The van der Waals surface area contributed by atoms with Crippen LogP contribution < -0.4 is 15.4 Å². The van der Waals surface area contributed by atoms with Crippen LogP contribution in [-0.4, -0.2) is 49.0 Å². The van der Waals surface area contributed by atoms with E-state index in [-0.39, 0.29) is 29.7 Å². The number of fused-ring (bicyclic) bond motifs is 1. The molecule has 176 valence electrons. The van der Waals surface area contributed by atoms with Crippen molar-refractivity contribution in [2.24, 2.45) is 0 Å². The highest BCUT2D eigenvalue weighted by molar-refractivity contribution is 5.96. The van der Waals surface area contributed by atoms with Gasteiger partial charge in [-0.3, -0.25) is 9.59 Å². The second-order valence-electron chi connectivity index (χ2n) is 8.71. The molecule has 6 nitrogen and oxygen atoms in total. The molecule has 2 aromatic carbocycles. The molecule has 2 aromatic rings. The number of nitrogens with one attached hydrogen (secondary N) is 2. The van der Waals surface area contributed by atoms with E-state index in [1.807, 2.05) is 24.3 Å². The Hall–Kier alpha value is -3.07. The van der Waals surface area contributed by atoms with Crippen LogP contribution in [0.2, 0.25) is 0 Å². The maximum atomic E-state index is 12.7. The second-order valence-corrected chi connectivity index (χ2v) is 8.71. The average Bonchev–Trinajstić information content (AvgIpc) is 2.79. The van der Waals surface area contributed by atoms with Crippen LogP contribution >= 0.6 is 0 Å². The number of likely N-dealkylation sites (tertiary alicyclic amines) is 1. The van der Waals surface area contributed by atoms with E-state index in [2.05, 4.69) is 22.6 Å². The van der Waals surface area contributed by atoms with Crippen LogP contribution in [0.3, 0.4) is 0 Å². The highest BCUT2D eigenvalue weighted by atomic mass is 19.4. The molecule has 2 aliphatic heterocycles. The minimum Gasteiger partial charge on any atom is -0.487 e. The molecule has 2 aliphatic rings. The van der Waals surface area contributed by atoms with E-state index in [1.165, 1.54) is 0 Å². The molecule has 9 heteroatoms. The Bertz CT molecular complexity index is 1020. The summed E-state index contributed by atoms with van der Waals surface area (Å²) in [5, 5.41) is 5.47. The quantitative estimate of drug-likeness (QED) is 0.731. The van der Waals surface area contributed by atoms with Crippen LogP contribution in [-0.2, 0) is 11.0 Å². The van der Waals surface area contributed by atoms with Gasteiger partial charge in [-0.2, -0.15) is 13.2 Å². The first kappa shape index (κ1) is 23.1. The molecular formula is C24H26F3N3O3. The van der Waals surface area contributed by atoms with Crippen LogP contribution in [0.15, 0.2) is 48.5 Å². The summed E-state index contributed by atoms with van der Waals surface area (Å²) in [5.41, 5.74) is -0.234. The summed E-state index contributed by atoms with van der Waals surface area (Å²) in [5.74, 6) is -0.231. The maximum absolute atomic E-state index is 12.7. The Morgan fingerprint density at radius 2 is 1.76 bits per heavy atom. The number of hydrogen-bond acceptors (Lipinski definition) is 4. The Balaban J connectivity index is 1.38. The Kier molecular flexibility index (Phi) is 6.34. The fourth-order valence-electron chi connectivity index (χ4n) is 4.40. The molecule has 1 atom stereocenters. The van der Waals surface area contributed by atoms with E-state index >= 15 is 0 Å². The molecule has 0 aromatic heterocycles. The standard InChI is InChI=1S/C24H26F3N3O3/c1-30-12-10-23(11-13-30)14-19(18-4-2-3-5-20(18)33-23)29-21(31)15-28-22(32)16-6-8-17(9-7-16)24(25,26)27/h2-9,19H,10-15H2,1H3,(H,28,32)(H,29,31). The number of carbonyl (C=O) groups is 2. The third-order valence-electron chi connectivity index (χ3n) is 6.31. The van der Waals surface area contributed by atoms with Gasteiger partial charge in [0.05, 0.1) is 18.2 Å². The fraction of sp³-hybridized carbons (Fsp3) is 0.417. The van der Waals surface area contributed by atoms with Crippen LogP contribution in [0.4, 0.5) is 13.2 Å². The second kappa shape index (κ2) is 9.05. The van der Waals surface area contributed by atoms with Crippen LogP contribution in [0.5, 0.6) is 5.75 Å². The maximum Gasteiger partial charge on any atom is 0.416 e. The fourth-order valence-corrected chi connectivity index (χ4v) is 4.40. The third kappa shape index (κ3) is 5.30. The van der Waals surface area contributed by atoms with Crippen molar-refractivity contribution in [2.75, 3.05) is 26.7 Å². The number of rotatable bonds is 4. The molecular weight excluding hydrogens is 435 g/mol. The van der Waals surface area contributed by atoms with Crippen molar-refractivity contribution in [2.45, 2.75) is 37.1 Å². The van der Waals surface area contributed by atoms with Crippen molar-refractivity contribution in [3.05, 3.63) is 65.2 Å². The first-order chi connectivity index (χ1) is 15.7. The van der Waals surface area contributed by atoms with Gasteiger partial charge in [0.2, 0.25) is 5.91 Å². The van der Waals surface area contributed by atoms with Crippen molar-refractivity contribution >= 4 is 11.8 Å². The van der Waals surface area contributed by atoms with Gasteiger partial charge < -0.3 is 20.3 Å². The summed E-state index contributed by atoms with van der Waals surface area (Å²) in [6, 6.07) is 11.2. The van der Waals surface area contributed by atoms with Gasteiger partial charge in [0, 0.05) is 30.6 Å². The summed E-state index contributed by atoms with van der Waals surface area (Å²) in [4.78, 5) is 27.2. The molecule has 2 amide bonds. The van der Waals surface area contributed by atoms with E-state index in [0.717, 1.165) is 61.5 Å². The number of amides is 2. The van der Waals surface area contributed by atoms with E-state index < -0.39 is 17.6 Å². The number of carbonyl (C=O) groups excluding carboxylic acids is 2. The monoisotopic (exact) mass is 461 g/mol. The summed E-state index contributed by atoms with van der Waals surface area (Å²) in [7, 11) is 2.07. The largest absolute Gasteiger partial charge is 0.487 e. The highest BCUT2D eigenvalue weighted by Crippen LogP contribution is 2.44. The molecule has 1 fully saturated rings. The molecule has 0 bridgehead atoms. The van der Waals surface area contributed by atoms with Gasteiger partial charge >= 0.3 is 6.18 Å². The Morgan fingerprint density at radius 3 is 2.42 bits per heavy atom. The van der Waals surface area contributed by atoms with Gasteiger partial charge in [-0.15, -0.1) is 0 Å². The molecule has 1 spiro atoms. The smallest absolute Gasteiger partial charge is 0.416 e. The molecule has 0 saturated carbocycles. The number of hydrogen-bond donors (Lipinski definition) is 2. The zero-order valence-corrected chi connectivity index (χ0v) is 18.2. The number of benzene rings is 2. The minimum absolute atomic E-state index is 0.0532. The van der Waals surface area contributed by atoms with Crippen LogP contribution in [0.25, 0.3) is 0 Å². The number of halogens is 3. The predicted octanol–water partition coefficient (Wildman–Crippen LogP) is 3.54. The van der Waals surface area contributed by atoms with Crippen molar-refractivity contribution in [3.63, 3.8) is 0 Å². The molecule has 4 rings (SSSR count). The van der Waals surface area contributed by atoms with Crippen LogP contribution in [0.1, 0.15) is 46.8 Å². The lowest BCUT2D eigenvalue weighted by Gasteiger charge is -2.46. The molecule has 33 heavy (non-hydrogen) atoms. The van der Waals surface area contributed by atoms with Gasteiger partial charge in [-0.05, 0) is 50.2 Å². The molecule has 2 N–H and O–H groups in total. The molecule has 1 saturated heterocycles. The molecule has 2 heterocycles. The zero-order valence-electron chi connectivity index (χ0n) is 18.2. The SMILES string of the molecule is CN1CCC2(CC1)CC(NC(=O)CNC(=O)c1ccc(C(F)(F)F)cc1)c1ccccc1O2. The number of piperidine rings is 1. The van der Waals surface area contributed by atoms with Gasteiger partial charge in [0.25, 0.3) is 5.91 Å². The molecule has 0 radical (unpaired) electrons. The van der Waals surface area contributed by atoms with Crippen molar-refractivity contribution in [3.8, 4) is 5.75 Å². The topological polar surface area (TPSA) is 70.7 Å². The van der Waals surface area contributed by atoms with E-state index in [0.29, 0.717) is 6.42 Å². The normalized spacial score (nSPS) is 19.9. The van der Waals surface area contributed by atoms with Gasteiger partial charge in [-0.1, -0.05) is 18.2 Å². The average molecular weight is 461 g/mol. The van der Waals surface area contributed by atoms with Gasteiger partial charge in [-0.25, -0.2) is 0 Å². The van der Waals surface area contributed by atoms with Crippen molar-refractivity contribution < 1.29 is 27.5 Å². The summed E-state index contributed by atoms with van der Waals surface area (Å²) >= 11 is 0. The number of para-hydroxylation sites is 1. The van der Waals surface area contributed by atoms with Crippen LogP contribution in [0, 0.1) is 0 Å². The van der Waals surface area contributed by atoms with Crippen molar-refractivity contribution in [1.29, 1.82) is 0 Å². The predicted molar refractivity (Wildman–Crippen MR) is 116 cm³/mol. The molecule has 0 aliphatic carbocycles. The van der Waals surface area contributed by atoms with E-state index in [4.69, 9.17) is 4.74 Å². The van der Waals surface area contributed by atoms with E-state index in [1.54, 1.807) is 0 Å². The van der Waals surface area contributed by atoms with Gasteiger partial charge in [0.1, 0.15) is 11.4 Å². The first-order valence-corrected chi connectivity index (χ1v) is 10.9.